The van der Waals surface area contributed by atoms with Crippen molar-refractivity contribution in [2.45, 2.75) is 31.2 Å². The van der Waals surface area contributed by atoms with Crippen LogP contribution in [0, 0.1) is 0 Å². The number of aromatic nitrogens is 1. The predicted molar refractivity (Wildman–Crippen MR) is 109 cm³/mol. The first-order valence-electron chi connectivity index (χ1n) is 9.76. The SMILES string of the molecule is C[C@@H](NC(=O)COC1(c2ccccc2)C=CC=CC1)c1ccc(OCC(F)(F)F)cn1. The number of hydrogen-bond acceptors (Lipinski definition) is 4. The van der Waals surface area contributed by atoms with Gasteiger partial charge in [-0.05, 0) is 30.7 Å². The lowest BCUT2D eigenvalue weighted by Crippen LogP contribution is -2.36. The molecule has 5 nitrogen and oxygen atoms in total. The van der Waals surface area contributed by atoms with Gasteiger partial charge in [-0.25, -0.2) is 0 Å². The minimum Gasteiger partial charge on any atom is -0.483 e. The van der Waals surface area contributed by atoms with E-state index in [0.29, 0.717) is 12.1 Å². The van der Waals surface area contributed by atoms with Crippen molar-refractivity contribution in [2.75, 3.05) is 13.2 Å². The molecule has 0 saturated heterocycles. The molecule has 1 heterocycles. The smallest absolute Gasteiger partial charge is 0.422 e. The maximum absolute atomic E-state index is 12.5. The molecule has 31 heavy (non-hydrogen) atoms. The molecular weight excluding hydrogens is 409 g/mol. The predicted octanol–water partition coefficient (Wildman–Crippen LogP) is 4.63. The Morgan fingerprint density at radius 1 is 1.19 bits per heavy atom. The van der Waals surface area contributed by atoms with Crippen LogP contribution < -0.4 is 10.1 Å². The first-order valence-corrected chi connectivity index (χ1v) is 9.76. The first kappa shape index (κ1) is 22.6. The van der Waals surface area contributed by atoms with Crippen molar-refractivity contribution < 1.29 is 27.4 Å². The lowest BCUT2D eigenvalue weighted by atomic mass is 9.87. The molecule has 1 aliphatic rings. The largest absolute Gasteiger partial charge is 0.483 e. The number of amides is 1. The average Bonchev–Trinajstić information content (AvgIpc) is 2.77. The van der Waals surface area contributed by atoms with Crippen LogP contribution in [-0.2, 0) is 15.1 Å². The second-order valence-electron chi connectivity index (χ2n) is 7.15. The van der Waals surface area contributed by atoms with Crippen LogP contribution in [0.15, 0.2) is 73.0 Å². The number of hydrogen-bond donors (Lipinski definition) is 1. The van der Waals surface area contributed by atoms with E-state index in [2.05, 4.69) is 15.0 Å². The zero-order valence-corrected chi connectivity index (χ0v) is 16.9. The molecule has 8 heteroatoms. The van der Waals surface area contributed by atoms with Gasteiger partial charge in [-0.2, -0.15) is 13.2 Å². The van der Waals surface area contributed by atoms with Gasteiger partial charge < -0.3 is 14.8 Å². The Morgan fingerprint density at radius 3 is 2.58 bits per heavy atom. The van der Waals surface area contributed by atoms with E-state index in [1.54, 1.807) is 6.92 Å². The van der Waals surface area contributed by atoms with E-state index in [1.165, 1.54) is 18.3 Å². The van der Waals surface area contributed by atoms with Crippen LogP contribution in [0.4, 0.5) is 13.2 Å². The average molecular weight is 432 g/mol. The number of benzene rings is 1. The Balaban J connectivity index is 1.56. The third-order valence-corrected chi connectivity index (χ3v) is 4.74. The number of allylic oxidation sites excluding steroid dienone is 2. The number of halogens is 3. The minimum atomic E-state index is -4.42. The highest BCUT2D eigenvalue weighted by molar-refractivity contribution is 5.77. The molecular formula is C23H23F3N2O3. The van der Waals surface area contributed by atoms with Crippen LogP contribution in [0.2, 0.25) is 0 Å². The van der Waals surface area contributed by atoms with Gasteiger partial charge in [0, 0.05) is 6.42 Å². The number of pyridine rings is 1. The first-order chi connectivity index (χ1) is 14.8. The molecule has 0 radical (unpaired) electrons. The number of nitrogens with one attached hydrogen (secondary N) is 1. The molecule has 2 aromatic rings. The summed E-state index contributed by atoms with van der Waals surface area (Å²) in [5, 5.41) is 2.79. The fourth-order valence-corrected chi connectivity index (χ4v) is 3.18. The van der Waals surface area contributed by atoms with Gasteiger partial charge in [0.15, 0.2) is 6.61 Å². The highest BCUT2D eigenvalue weighted by Crippen LogP contribution is 2.34. The minimum absolute atomic E-state index is 0.00452. The molecule has 0 fully saturated rings. The molecule has 2 atom stereocenters. The number of carbonyl (C=O) groups is 1. The Hall–Kier alpha value is -3.13. The van der Waals surface area contributed by atoms with Crippen LogP contribution >= 0.6 is 0 Å². The molecule has 1 N–H and O–H groups in total. The summed E-state index contributed by atoms with van der Waals surface area (Å²) in [7, 11) is 0. The zero-order valence-electron chi connectivity index (χ0n) is 16.9. The molecule has 1 amide bonds. The Morgan fingerprint density at radius 2 is 1.97 bits per heavy atom. The van der Waals surface area contributed by atoms with Gasteiger partial charge >= 0.3 is 6.18 Å². The molecule has 164 valence electrons. The van der Waals surface area contributed by atoms with Crippen molar-refractivity contribution in [3.8, 4) is 5.75 Å². The van der Waals surface area contributed by atoms with E-state index in [-0.39, 0.29) is 18.3 Å². The number of carbonyl (C=O) groups excluding carboxylic acids is 1. The quantitative estimate of drug-likeness (QED) is 0.661. The lowest BCUT2D eigenvalue weighted by molar-refractivity contribution is -0.153. The summed E-state index contributed by atoms with van der Waals surface area (Å²) < 4.78 is 47.3. The van der Waals surface area contributed by atoms with E-state index < -0.39 is 24.4 Å². The van der Waals surface area contributed by atoms with E-state index in [0.717, 1.165) is 5.56 Å². The molecule has 0 bridgehead atoms. The second-order valence-corrected chi connectivity index (χ2v) is 7.15. The van der Waals surface area contributed by atoms with Crippen molar-refractivity contribution in [1.82, 2.24) is 10.3 Å². The summed E-state index contributed by atoms with van der Waals surface area (Å²) in [5.41, 5.74) is 0.727. The molecule has 0 saturated carbocycles. The summed E-state index contributed by atoms with van der Waals surface area (Å²) in [6, 6.07) is 12.1. The molecule has 0 spiro atoms. The van der Waals surface area contributed by atoms with Crippen molar-refractivity contribution in [2.24, 2.45) is 0 Å². The maximum Gasteiger partial charge on any atom is 0.422 e. The van der Waals surface area contributed by atoms with E-state index in [1.807, 2.05) is 54.6 Å². The van der Waals surface area contributed by atoms with Gasteiger partial charge in [-0.15, -0.1) is 0 Å². The van der Waals surface area contributed by atoms with Gasteiger partial charge in [-0.3, -0.25) is 9.78 Å². The number of ether oxygens (including phenoxy) is 2. The number of nitrogens with zero attached hydrogens (tertiary/aromatic N) is 1. The van der Waals surface area contributed by atoms with Gasteiger partial charge in [0.05, 0.1) is 17.9 Å². The summed E-state index contributed by atoms with van der Waals surface area (Å²) >= 11 is 0. The fraction of sp³-hybridized carbons (Fsp3) is 0.304. The van der Waals surface area contributed by atoms with E-state index in [9.17, 15) is 18.0 Å². The Bertz CT molecular complexity index is 927. The topological polar surface area (TPSA) is 60.5 Å². The second kappa shape index (κ2) is 9.78. The van der Waals surface area contributed by atoms with Gasteiger partial charge in [-0.1, -0.05) is 48.6 Å². The van der Waals surface area contributed by atoms with Crippen LogP contribution in [-0.4, -0.2) is 30.3 Å². The third kappa shape index (κ3) is 6.42. The lowest BCUT2D eigenvalue weighted by Gasteiger charge is -2.32. The summed E-state index contributed by atoms with van der Waals surface area (Å²) in [5.74, 6) is -0.324. The van der Waals surface area contributed by atoms with Crippen molar-refractivity contribution in [3.63, 3.8) is 0 Å². The zero-order chi connectivity index (χ0) is 22.3. The molecule has 1 unspecified atom stereocenters. The van der Waals surface area contributed by atoms with Crippen LogP contribution in [0.5, 0.6) is 5.75 Å². The monoisotopic (exact) mass is 432 g/mol. The summed E-state index contributed by atoms with van der Waals surface area (Å²) in [4.78, 5) is 16.5. The number of rotatable bonds is 8. The molecule has 0 aliphatic heterocycles. The highest BCUT2D eigenvalue weighted by atomic mass is 19.4. The maximum atomic E-state index is 12.5. The van der Waals surface area contributed by atoms with Crippen LogP contribution in [0.3, 0.4) is 0 Å². The van der Waals surface area contributed by atoms with Crippen molar-refractivity contribution >= 4 is 5.91 Å². The molecule has 1 aliphatic carbocycles. The van der Waals surface area contributed by atoms with Crippen LogP contribution in [0.1, 0.15) is 30.6 Å². The van der Waals surface area contributed by atoms with E-state index >= 15 is 0 Å². The normalized spacial score (nSPS) is 19.1. The van der Waals surface area contributed by atoms with Crippen LogP contribution in [0.25, 0.3) is 0 Å². The fourth-order valence-electron chi connectivity index (χ4n) is 3.18. The molecule has 1 aromatic heterocycles. The van der Waals surface area contributed by atoms with Gasteiger partial charge in [0.25, 0.3) is 0 Å². The third-order valence-electron chi connectivity index (χ3n) is 4.74. The Labute approximate surface area is 178 Å². The van der Waals surface area contributed by atoms with Gasteiger partial charge in [0.2, 0.25) is 5.91 Å². The highest BCUT2D eigenvalue weighted by Gasteiger charge is 2.31. The molecule has 3 rings (SSSR count). The van der Waals surface area contributed by atoms with Crippen molar-refractivity contribution in [1.29, 1.82) is 0 Å². The van der Waals surface area contributed by atoms with E-state index in [4.69, 9.17) is 4.74 Å². The summed E-state index contributed by atoms with van der Waals surface area (Å²) in [6.07, 6.45) is 5.13. The Kier molecular flexibility index (Phi) is 7.12. The number of alkyl halides is 3. The molecule has 1 aromatic carbocycles. The summed E-state index contributed by atoms with van der Waals surface area (Å²) in [6.45, 7) is 0.182. The van der Waals surface area contributed by atoms with Crippen molar-refractivity contribution in [3.05, 3.63) is 84.2 Å². The standard InChI is InChI=1S/C23H23F3N2O3/c1-17(20-11-10-19(14-27-20)30-16-23(24,25)26)28-21(29)15-31-22(12-6-3-7-13-22)18-8-4-2-5-9-18/h2-12,14,17H,13,15-16H2,1H3,(H,28,29)/t17-,22?/m1/s1. The van der Waals surface area contributed by atoms with Gasteiger partial charge in [0.1, 0.15) is 18.0 Å².